The van der Waals surface area contributed by atoms with E-state index in [-0.39, 0.29) is 11.6 Å². The van der Waals surface area contributed by atoms with Crippen LogP contribution in [0.5, 0.6) is 0 Å². The van der Waals surface area contributed by atoms with Gasteiger partial charge >= 0.3 is 0 Å². The number of aryl methyl sites for hydroxylation is 1. The van der Waals surface area contributed by atoms with Gasteiger partial charge in [-0.3, -0.25) is 0 Å². The van der Waals surface area contributed by atoms with E-state index in [4.69, 9.17) is 5.11 Å². The monoisotopic (exact) mass is 219 g/mol. The van der Waals surface area contributed by atoms with Gasteiger partial charge in [-0.05, 0) is 13.8 Å². The molecule has 0 aliphatic heterocycles. The van der Waals surface area contributed by atoms with Crippen LogP contribution in [0.1, 0.15) is 12.7 Å². The minimum Gasteiger partial charge on any atom is -0.392 e. The van der Waals surface area contributed by atoms with Crippen molar-refractivity contribution in [2.24, 2.45) is 0 Å². The number of hydrogen-bond donors (Lipinski definition) is 3. The molecular weight excluding hydrogens is 206 g/mol. The van der Waals surface area contributed by atoms with Crippen LogP contribution in [0.15, 0.2) is 11.2 Å². The van der Waals surface area contributed by atoms with Crippen LogP contribution in [0.25, 0.3) is 0 Å². The zero-order chi connectivity index (χ0) is 10.8. The van der Waals surface area contributed by atoms with Gasteiger partial charge in [0.25, 0.3) is 10.0 Å². The number of nitrogens with zero attached hydrogens (tertiary/aromatic N) is 1. The summed E-state index contributed by atoms with van der Waals surface area (Å²) in [5.74, 6) is 0.530. The van der Waals surface area contributed by atoms with E-state index in [0.717, 1.165) is 0 Å². The van der Waals surface area contributed by atoms with Gasteiger partial charge in [0.1, 0.15) is 5.82 Å². The topological polar surface area (TPSA) is 95.1 Å². The van der Waals surface area contributed by atoms with Crippen LogP contribution in [-0.2, 0) is 10.0 Å². The summed E-state index contributed by atoms with van der Waals surface area (Å²) < 4.78 is 25.2. The van der Waals surface area contributed by atoms with Gasteiger partial charge in [-0.15, -0.1) is 0 Å². The van der Waals surface area contributed by atoms with Crippen LogP contribution in [-0.4, -0.2) is 36.1 Å². The molecule has 0 aromatic carbocycles. The quantitative estimate of drug-likeness (QED) is 0.628. The van der Waals surface area contributed by atoms with Crippen molar-refractivity contribution in [3.63, 3.8) is 0 Å². The molecule has 0 bridgehead atoms. The lowest BCUT2D eigenvalue weighted by Gasteiger charge is -2.05. The van der Waals surface area contributed by atoms with Crippen LogP contribution in [0, 0.1) is 6.92 Å². The molecule has 0 fully saturated rings. The number of aliphatic hydroxyl groups excluding tert-OH is 1. The second-order valence-corrected chi connectivity index (χ2v) is 4.77. The van der Waals surface area contributed by atoms with Crippen molar-refractivity contribution in [1.82, 2.24) is 14.7 Å². The second kappa shape index (κ2) is 4.07. The Balaban J connectivity index is 2.76. The van der Waals surface area contributed by atoms with Gasteiger partial charge in [0, 0.05) is 6.54 Å². The number of aliphatic hydroxyl groups is 1. The summed E-state index contributed by atoms with van der Waals surface area (Å²) in [6.07, 6.45) is 0.522. The zero-order valence-electron chi connectivity index (χ0n) is 7.98. The van der Waals surface area contributed by atoms with E-state index >= 15 is 0 Å². The minimum absolute atomic E-state index is 0.00986. The number of rotatable bonds is 4. The Hall–Kier alpha value is -0.920. The molecule has 0 saturated heterocycles. The SMILES string of the molecule is Cc1ncc(S(=O)(=O)NC[C@@H](C)O)[nH]1. The number of imidazole rings is 1. The Morgan fingerprint density at radius 1 is 1.71 bits per heavy atom. The Morgan fingerprint density at radius 2 is 2.36 bits per heavy atom. The molecule has 0 saturated carbocycles. The van der Waals surface area contributed by atoms with Gasteiger partial charge < -0.3 is 10.1 Å². The summed E-state index contributed by atoms with van der Waals surface area (Å²) >= 11 is 0. The fourth-order valence-electron chi connectivity index (χ4n) is 0.843. The number of sulfonamides is 1. The van der Waals surface area contributed by atoms with Crippen molar-refractivity contribution in [3.05, 3.63) is 12.0 Å². The molecule has 1 aromatic rings. The van der Waals surface area contributed by atoms with Gasteiger partial charge in [0.2, 0.25) is 0 Å². The first-order chi connectivity index (χ1) is 6.42. The molecule has 6 nitrogen and oxygen atoms in total. The number of aromatic nitrogens is 2. The van der Waals surface area contributed by atoms with E-state index in [1.807, 2.05) is 0 Å². The van der Waals surface area contributed by atoms with Crippen molar-refractivity contribution >= 4 is 10.0 Å². The van der Waals surface area contributed by atoms with Crippen molar-refractivity contribution in [2.75, 3.05) is 6.54 Å². The number of hydrogen-bond acceptors (Lipinski definition) is 4. The Bertz CT molecular complexity index is 396. The molecule has 0 aliphatic carbocycles. The van der Waals surface area contributed by atoms with Gasteiger partial charge in [0.05, 0.1) is 12.3 Å². The molecule has 0 aliphatic rings. The Labute approximate surface area is 82.4 Å². The third kappa shape index (κ3) is 2.79. The maximum Gasteiger partial charge on any atom is 0.257 e. The average molecular weight is 219 g/mol. The molecule has 7 heteroatoms. The normalized spacial score (nSPS) is 14.2. The van der Waals surface area contributed by atoms with Crippen molar-refractivity contribution in [2.45, 2.75) is 25.0 Å². The van der Waals surface area contributed by atoms with E-state index in [1.165, 1.54) is 13.1 Å². The molecule has 3 N–H and O–H groups in total. The lowest BCUT2D eigenvalue weighted by molar-refractivity contribution is 0.198. The molecule has 14 heavy (non-hydrogen) atoms. The highest BCUT2D eigenvalue weighted by Gasteiger charge is 2.16. The highest BCUT2D eigenvalue weighted by molar-refractivity contribution is 7.89. The molecule has 0 spiro atoms. The molecule has 0 radical (unpaired) electrons. The summed E-state index contributed by atoms with van der Waals surface area (Å²) in [6, 6.07) is 0. The highest BCUT2D eigenvalue weighted by Crippen LogP contribution is 2.04. The van der Waals surface area contributed by atoms with Crippen LogP contribution in [0.2, 0.25) is 0 Å². The fraction of sp³-hybridized carbons (Fsp3) is 0.571. The van der Waals surface area contributed by atoms with E-state index in [2.05, 4.69) is 14.7 Å². The molecule has 1 rings (SSSR count). The van der Waals surface area contributed by atoms with Crippen LogP contribution >= 0.6 is 0 Å². The maximum absolute atomic E-state index is 11.5. The third-order valence-corrected chi connectivity index (χ3v) is 2.87. The predicted octanol–water partition coefficient (Wildman–Crippen LogP) is -0.623. The summed E-state index contributed by atoms with van der Waals surface area (Å²) in [6.45, 7) is 3.15. The molecule has 80 valence electrons. The van der Waals surface area contributed by atoms with Gasteiger partial charge in [0.15, 0.2) is 5.03 Å². The fourth-order valence-corrected chi connectivity index (χ4v) is 1.93. The first-order valence-corrected chi connectivity index (χ1v) is 5.59. The summed E-state index contributed by atoms with van der Waals surface area (Å²) in [5.41, 5.74) is 0. The summed E-state index contributed by atoms with van der Waals surface area (Å²) in [7, 11) is -3.56. The predicted molar refractivity (Wildman–Crippen MR) is 50.2 cm³/mol. The first kappa shape index (κ1) is 11.2. The van der Waals surface area contributed by atoms with E-state index in [1.54, 1.807) is 6.92 Å². The van der Waals surface area contributed by atoms with Crippen LogP contribution in [0.3, 0.4) is 0 Å². The molecule has 0 unspecified atom stereocenters. The number of H-pyrrole nitrogens is 1. The van der Waals surface area contributed by atoms with Gasteiger partial charge in [-0.25, -0.2) is 18.1 Å². The molecule has 1 heterocycles. The van der Waals surface area contributed by atoms with Crippen LogP contribution in [0.4, 0.5) is 0 Å². The largest absolute Gasteiger partial charge is 0.392 e. The molecule has 0 amide bonds. The molecule has 1 aromatic heterocycles. The second-order valence-electron chi connectivity index (χ2n) is 3.03. The van der Waals surface area contributed by atoms with E-state index < -0.39 is 16.1 Å². The summed E-state index contributed by atoms with van der Waals surface area (Å²) in [4.78, 5) is 6.37. The Kier molecular flexibility index (Phi) is 3.25. The standard InChI is InChI=1S/C7H13N3O3S/c1-5(11)3-9-14(12,13)7-4-8-6(2)10-7/h4-5,9,11H,3H2,1-2H3,(H,8,10)/t5-/m1/s1. The minimum atomic E-state index is -3.56. The third-order valence-electron chi connectivity index (χ3n) is 1.54. The average Bonchev–Trinajstić information content (AvgIpc) is 2.49. The smallest absolute Gasteiger partial charge is 0.257 e. The number of aromatic amines is 1. The van der Waals surface area contributed by atoms with Gasteiger partial charge in [-0.2, -0.15) is 0 Å². The highest BCUT2D eigenvalue weighted by atomic mass is 32.2. The molecule has 1 atom stereocenters. The maximum atomic E-state index is 11.5. The lowest BCUT2D eigenvalue weighted by atomic mass is 10.4. The Morgan fingerprint density at radius 3 is 2.79 bits per heavy atom. The first-order valence-electron chi connectivity index (χ1n) is 4.11. The van der Waals surface area contributed by atoms with Crippen LogP contribution < -0.4 is 4.72 Å². The van der Waals surface area contributed by atoms with E-state index in [0.29, 0.717) is 5.82 Å². The van der Waals surface area contributed by atoms with E-state index in [9.17, 15) is 8.42 Å². The van der Waals surface area contributed by atoms with Crippen molar-refractivity contribution < 1.29 is 13.5 Å². The zero-order valence-corrected chi connectivity index (χ0v) is 8.80. The summed E-state index contributed by atoms with van der Waals surface area (Å²) in [5, 5.41) is 8.92. The van der Waals surface area contributed by atoms with Crippen molar-refractivity contribution in [3.8, 4) is 0 Å². The molecular formula is C7H13N3O3S. The van der Waals surface area contributed by atoms with Gasteiger partial charge in [-0.1, -0.05) is 0 Å². The number of nitrogens with one attached hydrogen (secondary N) is 2. The lowest BCUT2D eigenvalue weighted by Crippen LogP contribution is -2.30. The van der Waals surface area contributed by atoms with Crippen molar-refractivity contribution in [1.29, 1.82) is 0 Å².